The molecule has 0 unspecified atom stereocenters. The van der Waals surface area contributed by atoms with Crippen molar-refractivity contribution < 1.29 is 9.53 Å². The van der Waals surface area contributed by atoms with Gasteiger partial charge in [-0.3, -0.25) is 4.79 Å². The van der Waals surface area contributed by atoms with E-state index in [0.717, 1.165) is 30.7 Å². The van der Waals surface area contributed by atoms with Gasteiger partial charge in [0, 0.05) is 30.7 Å². The zero-order valence-corrected chi connectivity index (χ0v) is 11.1. The van der Waals surface area contributed by atoms with Crippen molar-refractivity contribution in [3.63, 3.8) is 0 Å². The van der Waals surface area contributed by atoms with Crippen molar-refractivity contribution in [2.75, 3.05) is 32.8 Å². The molecule has 0 aromatic heterocycles. The molecule has 0 radical (unpaired) electrons. The Hall–Kier alpha value is -1.07. The number of nitrogens with one attached hydrogen (secondary N) is 1. The van der Waals surface area contributed by atoms with Gasteiger partial charge in [0.15, 0.2) is 6.61 Å². The number of benzene rings is 1. The Labute approximate surface area is 109 Å². The molecule has 1 fully saturated rings. The Morgan fingerprint density at radius 1 is 1.41 bits per heavy atom. The highest BCUT2D eigenvalue weighted by atomic mass is 79.9. The van der Waals surface area contributed by atoms with Gasteiger partial charge in [-0.1, -0.05) is 22.0 Å². The number of amides is 1. The lowest BCUT2D eigenvalue weighted by Gasteiger charge is -2.27. The smallest absolute Gasteiger partial charge is 0.260 e. The Morgan fingerprint density at radius 2 is 2.18 bits per heavy atom. The van der Waals surface area contributed by atoms with E-state index in [-0.39, 0.29) is 12.5 Å². The van der Waals surface area contributed by atoms with Crippen LogP contribution in [0.3, 0.4) is 0 Å². The van der Waals surface area contributed by atoms with E-state index in [2.05, 4.69) is 21.2 Å². The maximum atomic E-state index is 11.8. The van der Waals surface area contributed by atoms with E-state index in [1.165, 1.54) is 0 Å². The number of hydrogen-bond donors (Lipinski definition) is 1. The molecule has 1 heterocycles. The van der Waals surface area contributed by atoms with Crippen LogP contribution in [0.25, 0.3) is 0 Å². The van der Waals surface area contributed by atoms with Gasteiger partial charge in [-0.15, -0.1) is 0 Å². The number of hydrogen-bond acceptors (Lipinski definition) is 3. The Balaban J connectivity index is 1.83. The lowest BCUT2D eigenvalue weighted by Crippen LogP contribution is -2.47. The van der Waals surface area contributed by atoms with Crippen LogP contribution in [0.5, 0.6) is 5.75 Å². The van der Waals surface area contributed by atoms with Crippen molar-refractivity contribution in [3.05, 3.63) is 28.7 Å². The molecule has 1 aliphatic rings. The number of nitrogens with zero attached hydrogens (tertiary/aromatic N) is 1. The summed E-state index contributed by atoms with van der Waals surface area (Å²) in [6.07, 6.45) is 0. The molecule has 1 aromatic rings. The first kappa shape index (κ1) is 12.4. The molecule has 1 amide bonds. The molecular weight excluding hydrogens is 284 g/mol. The normalized spacial score (nSPS) is 15.7. The predicted molar refractivity (Wildman–Crippen MR) is 69.1 cm³/mol. The summed E-state index contributed by atoms with van der Waals surface area (Å²) < 4.78 is 6.41. The molecule has 17 heavy (non-hydrogen) atoms. The van der Waals surface area contributed by atoms with Crippen LogP contribution in [0, 0.1) is 0 Å². The van der Waals surface area contributed by atoms with E-state index in [4.69, 9.17) is 4.74 Å². The largest absolute Gasteiger partial charge is 0.484 e. The maximum absolute atomic E-state index is 11.8. The maximum Gasteiger partial charge on any atom is 0.260 e. The van der Waals surface area contributed by atoms with Gasteiger partial charge < -0.3 is 15.0 Å². The van der Waals surface area contributed by atoms with Crippen LogP contribution in [0.15, 0.2) is 28.7 Å². The first-order chi connectivity index (χ1) is 8.25. The molecule has 1 saturated heterocycles. The fourth-order valence-electron chi connectivity index (χ4n) is 1.71. The van der Waals surface area contributed by atoms with Crippen LogP contribution < -0.4 is 10.1 Å². The number of ether oxygens (including phenoxy) is 1. The van der Waals surface area contributed by atoms with Crippen LogP contribution in [0.2, 0.25) is 0 Å². The van der Waals surface area contributed by atoms with Gasteiger partial charge in [0.2, 0.25) is 0 Å². The number of carbonyl (C=O) groups is 1. The van der Waals surface area contributed by atoms with Crippen LogP contribution >= 0.6 is 15.9 Å². The van der Waals surface area contributed by atoms with Gasteiger partial charge >= 0.3 is 0 Å². The zero-order chi connectivity index (χ0) is 12.1. The van der Waals surface area contributed by atoms with E-state index in [1.54, 1.807) is 0 Å². The Morgan fingerprint density at radius 3 is 2.88 bits per heavy atom. The Bertz CT molecular complexity index is 392. The van der Waals surface area contributed by atoms with E-state index in [9.17, 15) is 4.79 Å². The van der Waals surface area contributed by atoms with Gasteiger partial charge in [-0.2, -0.15) is 0 Å². The van der Waals surface area contributed by atoms with Gasteiger partial charge in [0.05, 0.1) is 0 Å². The highest BCUT2D eigenvalue weighted by Gasteiger charge is 2.16. The highest BCUT2D eigenvalue weighted by molar-refractivity contribution is 9.10. The van der Waals surface area contributed by atoms with Crippen LogP contribution in [-0.4, -0.2) is 43.6 Å². The molecule has 1 aliphatic heterocycles. The molecule has 0 saturated carbocycles. The van der Waals surface area contributed by atoms with Crippen LogP contribution in [0.4, 0.5) is 0 Å². The standard InChI is InChI=1S/C12H15BrN2O2/c13-10-2-1-3-11(8-10)17-9-12(16)15-6-4-14-5-7-15/h1-3,8,14H,4-7,9H2. The van der Waals surface area contributed by atoms with Crippen molar-refractivity contribution in [2.45, 2.75) is 0 Å². The first-order valence-corrected chi connectivity index (χ1v) is 6.42. The fourth-order valence-corrected chi connectivity index (χ4v) is 2.09. The molecule has 2 rings (SSSR count). The number of carbonyl (C=O) groups excluding carboxylic acids is 1. The molecule has 0 bridgehead atoms. The third-order valence-electron chi connectivity index (χ3n) is 2.63. The minimum absolute atomic E-state index is 0.0477. The second-order valence-electron chi connectivity index (χ2n) is 3.88. The average Bonchev–Trinajstić information content (AvgIpc) is 2.37. The summed E-state index contributed by atoms with van der Waals surface area (Å²) in [5, 5.41) is 3.21. The quantitative estimate of drug-likeness (QED) is 0.913. The van der Waals surface area contributed by atoms with Gasteiger partial charge in [0.25, 0.3) is 5.91 Å². The lowest BCUT2D eigenvalue weighted by molar-refractivity contribution is -0.133. The van der Waals surface area contributed by atoms with Crippen molar-refractivity contribution in [3.8, 4) is 5.75 Å². The topological polar surface area (TPSA) is 41.6 Å². The summed E-state index contributed by atoms with van der Waals surface area (Å²) in [4.78, 5) is 13.6. The molecule has 0 atom stereocenters. The molecule has 1 N–H and O–H groups in total. The van der Waals surface area contributed by atoms with E-state index >= 15 is 0 Å². The highest BCUT2D eigenvalue weighted by Crippen LogP contribution is 2.17. The minimum Gasteiger partial charge on any atom is -0.484 e. The average molecular weight is 299 g/mol. The van der Waals surface area contributed by atoms with Crippen molar-refractivity contribution >= 4 is 21.8 Å². The summed E-state index contributed by atoms with van der Waals surface area (Å²) in [6.45, 7) is 3.36. The Kier molecular flexibility index (Phi) is 4.39. The second kappa shape index (κ2) is 6.02. The summed E-state index contributed by atoms with van der Waals surface area (Å²) >= 11 is 3.36. The molecule has 5 heteroatoms. The van der Waals surface area contributed by atoms with Gasteiger partial charge in [-0.05, 0) is 18.2 Å². The van der Waals surface area contributed by atoms with Crippen molar-refractivity contribution in [1.82, 2.24) is 10.2 Å². The predicted octanol–water partition coefficient (Wildman–Crippen LogP) is 1.26. The first-order valence-electron chi connectivity index (χ1n) is 5.62. The number of halogens is 1. The fraction of sp³-hybridized carbons (Fsp3) is 0.417. The monoisotopic (exact) mass is 298 g/mol. The third-order valence-corrected chi connectivity index (χ3v) is 3.12. The van der Waals surface area contributed by atoms with E-state index in [1.807, 2.05) is 29.2 Å². The number of piperazine rings is 1. The summed E-state index contributed by atoms with van der Waals surface area (Å²) in [5.74, 6) is 0.759. The summed E-state index contributed by atoms with van der Waals surface area (Å²) in [7, 11) is 0. The van der Waals surface area contributed by atoms with E-state index < -0.39 is 0 Å². The molecular formula is C12H15BrN2O2. The van der Waals surface area contributed by atoms with Gasteiger partial charge in [-0.25, -0.2) is 0 Å². The van der Waals surface area contributed by atoms with E-state index in [0.29, 0.717) is 5.75 Å². The van der Waals surface area contributed by atoms with Crippen molar-refractivity contribution in [2.24, 2.45) is 0 Å². The SMILES string of the molecule is O=C(COc1cccc(Br)c1)N1CCNCC1. The molecule has 4 nitrogen and oxygen atoms in total. The molecule has 1 aromatic carbocycles. The molecule has 92 valence electrons. The zero-order valence-electron chi connectivity index (χ0n) is 9.49. The van der Waals surface area contributed by atoms with Crippen molar-refractivity contribution in [1.29, 1.82) is 0 Å². The summed E-state index contributed by atoms with van der Waals surface area (Å²) in [6, 6.07) is 7.50. The van der Waals surface area contributed by atoms with Crippen LogP contribution in [0.1, 0.15) is 0 Å². The molecule has 0 spiro atoms. The lowest BCUT2D eigenvalue weighted by atomic mass is 10.3. The number of rotatable bonds is 3. The van der Waals surface area contributed by atoms with Gasteiger partial charge in [0.1, 0.15) is 5.75 Å². The second-order valence-corrected chi connectivity index (χ2v) is 4.79. The minimum atomic E-state index is 0.0477. The molecule has 0 aliphatic carbocycles. The summed E-state index contributed by atoms with van der Waals surface area (Å²) in [5.41, 5.74) is 0. The van der Waals surface area contributed by atoms with Crippen LogP contribution in [-0.2, 0) is 4.79 Å². The third kappa shape index (κ3) is 3.71.